The van der Waals surface area contributed by atoms with E-state index in [1.54, 1.807) is 12.1 Å². The van der Waals surface area contributed by atoms with Gasteiger partial charge in [-0.05, 0) is 45.9 Å². The molecule has 3 nitrogen and oxygen atoms in total. The van der Waals surface area contributed by atoms with Gasteiger partial charge in [0.05, 0.1) is 17.1 Å². The quantitative estimate of drug-likeness (QED) is 0.847. The maximum absolute atomic E-state index is 13.8. The Hall–Kier alpha value is -0.425. The van der Waals surface area contributed by atoms with E-state index >= 15 is 0 Å². The highest BCUT2D eigenvalue weighted by molar-refractivity contribution is 9.10. The van der Waals surface area contributed by atoms with Gasteiger partial charge in [-0.25, -0.2) is 4.39 Å². The van der Waals surface area contributed by atoms with E-state index in [-0.39, 0.29) is 5.82 Å². The summed E-state index contributed by atoms with van der Waals surface area (Å²) in [5.74, 6) is -1.02. The molecule has 1 aliphatic heterocycles. The largest absolute Gasteiger partial charge is 0.480 e. The van der Waals surface area contributed by atoms with Crippen molar-refractivity contribution in [3.8, 4) is 0 Å². The van der Waals surface area contributed by atoms with Gasteiger partial charge in [0.1, 0.15) is 5.82 Å². The number of hydrogen-bond acceptors (Lipinski definition) is 3. The number of halogens is 2. The molecule has 0 radical (unpaired) electrons. The van der Waals surface area contributed by atoms with E-state index in [1.165, 1.54) is 6.07 Å². The first-order valence-corrected chi connectivity index (χ1v) is 6.99. The van der Waals surface area contributed by atoms with Crippen LogP contribution in [0.1, 0.15) is 39.2 Å². The van der Waals surface area contributed by atoms with Crippen molar-refractivity contribution in [2.24, 2.45) is 5.73 Å². The van der Waals surface area contributed by atoms with Crippen LogP contribution in [0.3, 0.4) is 0 Å². The Balaban J connectivity index is 2.27. The molecule has 0 unspecified atom stereocenters. The minimum absolute atomic E-state index is 0.356. The van der Waals surface area contributed by atoms with Crippen LogP contribution in [0.5, 0.6) is 0 Å². The second-order valence-electron chi connectivity index (χ2n) is 5.82. The molecule has 1 fully saturated rings. The Morgan fingerprint density at radius 3 is 2.26 bits per heavy atom. The topological polar surface area (TPSA) is 44.5 Å². The first kappa shape index (κ1) is 15.0. The Morgan fingerprint density at radius 2 is 1.74 bits per heavy atom. The van der Waals surface area contributed by atoms with E-state index in [0.717, 1.165) is 4.47 Å². The van der Waals surface area contributed by atoms with Crippen LogP contribution >= 0.6 is 15.9 Å². The zero-order valence-corrected chi connectivity index (χ0v) is 13.1. The lowest BCUT2D eigenvalue weighted by Crippen LogP contribution is -2.41. The second kappa shape index (κ2) is 4.84. The number of nitrogens with two attached hydrogens (primary N) is 1. The summed E-state index contributed by atoms with van der Waals surface area (Å²) in [7, 11) is -0.659. The summed E-state index contributed by atoms with van der Waals surface area (Å²) >= 11 is 3.31. The number of rotatable bonds is 2. The molecule has 0 aromatic heterocycles. The molecule has 1 aromatic rings. The van der Waals surface area contributed by atoms with E-state index in [0.29, 0.717) is 5.56 Å². The molecule has 19 heavy (non-hydrogen) atoms. The lowest BCUT2D eigenvalue weighted by molar-refractivity contribution is 0.00578. The predicted octanol–water partition coefficient (Wildman–Crippen LogP) is 3.22. The lowest BCUT2D eigenvalue weighted by Gasteiger charge is -2.32. The van der Waals surface area contributed by atoms with Crippen LogP contribution in [0.25, 0.3) is 0 Å². The summed E-state index contributed by atoms with van der Waals surface area (Å²) in [6.45, 7) is 7.77. The molecular weight excluding hydrogens is 312 g/mol. The average Bonchev–Trinajstić information content (AvgIpc) is 2.51. The van der Waals surface area contributed by atoms with Crippen LogP contribution in [-0.4, -0.2) is 18.3 Å². The first-order valence-electron chi connectivity index (χ1n) is 6.20. The molecule has 1 aliphatic rings. The van der Waals surface area contributed by atoms with E-state index in [1.807, 2.05) is 27.7 Å². The van der Waals surface area contributed by atoms with Gasteiger partial charge in [0.25, 0.3) is 0 Å². The molecule has 0 bridgehead atoms. The molecule has 2 N–H and O–H groups in total. The summed E-state index contributed by atoms with van der Waals surface area (Å²) in [5, 5.41) is 0. The third-order valence-electron chi connectivity index (χ3n) is 3.88. The molecule has 1 atom stereocenters. The summed E-state index contributed by atoms with van der Waals surface area (Å²) in [6.07, 6.45) is 0. The summed E-state index contributed by atoms with van der Waals surface area (Å²) in [6, 6.07) is 4.67. The molecule has 1 heterocycles. The average molecular weight is 330 g/mol. The van der Waals surface area contributed by atoms with Crippen LogP contribution in [0.4, 0.5) is 4.39 Å². The van der Waals surface area contributed by atoms with Crippen LogP contribution in [0.2, 0.25) is 0 Å². The lowest BCUT2D eigenvalue weighted by atomic mass is 9.75. The van der Waals surface area contributed by atoms with Gasteiger partial charge < -0.3 is 15.0 Å². The highest BCUT2D eigenvalue weighted by atomic mass is 79.9. The van der Waals surface area contributed by atoms with Crippen molar-refractivity contribution in [3.63, 3.8) is 0 Å². The third-order valence-corrected chi connectivity index (χ3v) is 4.38. The summed E-state index contributed by atoms with van der Waals surface area (Å²) in [5.41, 5.74) is 5.53. The maximum atomic E-state index is 13.8. The van der Waals surface area contributed by atoms with Crippen molar-refractivity contribution >= 4 is 23.0 Å². The zero-order valence-electron chi connectivity index (χ0n) is 11.5. The monoisotopic (exact) mass is 329 g/mol. The first-order chi connectivity index (χ1) is 8.64. The highest BCUT2D eigenvalue weighted by Crippen LogP contribution is 2.40. The fourth-order valence-electron chi connectivity index (χ4n) is 1.95. The normalized spacial score (nSPS) is 22.6. The van der Waals surface area contributed by atoms with Crippen LogP contribution in [0, 0.1) is 5.82 Å². The second-order valence-corrected chi connectivity index (χ2v) is 6.73. The SMILES string of the molecule is CC1(C)OB([C@H](N)c2cc(Br)ccc2F)OC1(C)C. The van der Waals surface area contributed by atoms with Gasteiger partial charge in [-0.2, -0.15) is 0 Å². The van der Waals surface area contributed by atoms with Gasteiger partial charge in [0, 0.05) is 10.0 Å². The van der Waals surface area contributed by atoms with Crippen LogP contribution < -0.4 is 5.73 Å². The van der Waals surface area contributed by atoms with Crippen molar-refractivity contribution in [1.29, 1.82) is 0 Å². The third kappa shape index (κ3) is 2.72. The molecular formula is C13H18BBrFNO2. The van der Waals surface area contributed by atoms with E-state index in [2.05, 4.69) is 15.9 Å². The molecule has 0 aliphatic carbocycles. The van der Waals surface area contributed by atoms with Gasteiger partial charge >= 0.3 is 7.12 Å². The zero-order chi connectivity index (χ0) is 14.4. The van der Waals surface area contributed by atoms with Crippen molar-refractivity contribution < 1.29 is 13.7 Å². The van der Waals surface area contributed by atoms with Gasteiger partial charge in [-0.3, -0.25) is 0 Å². The van der Waals surface area contributed by atoms with Crippen molar-refractivity contribution in [2.75, 3.05) is 0 Å². The fourth-order valence-corrected chi connectivity index (χ4v) is 2.33. The van der Waals surface area contributed by atoms with Gasteiger partial charge in [0.15, 0.2) is 0 Å². The predicted molar refractivity (Wildman–Crippen MR) is 77.1 cm³/mol. The molecule has 1 saturated heterocycles. The highest BCUT2D eigenvalue weighted by Gasteiger charge is 2.53. The molecule has 104 valence electrons. The smallest absolute Gasteiger partial charge is 0.402 e. The Kier molecular flexibility index (Phi) is 3.82. The van der Waals surface area contributed by atoms with Gasteiger partial charge in [-0.1, -0.05) is 15.9 Å². The molecule has 0 saturated carbocycles. The molecule has 2 rings (SSSR count). The molecule has 0 spiro atoms. The molecule has 0 amide bonds. The summed E-state index contributed by atoms with van der Waals surface area (Å²) < 4.78 is 26.3. The summed E-state index contributed by atoms with van der Waals surface area (Å²) in [4.78, 5) is 0. The minimum Gasteiger partial charge on any atom is -0.402 e. The standard InChI is InChI=1S/C13H18BBrFNO2/c1-12(2)13(3,4)19-14(18-12)11(17)9-7-8(15)5-6-10(9)16/h5-7,11H,17H2,1-4H3/t11-/m1/s1. The minimum atomic E-state index is -0.668. The molecule has 1 aromatic carbocycles. The van der Waals surface area contributed by atoms with E-state index < -0.39 is 24.3 Å². The van der Waals surface area contributed by atoms with Crippen LogP contribution in [-0.2, 0) is 9.31 Å². The van der Waals surface area contributed by atoms with E-state index in [9.17, 15) is 4.39 Å². The Labute approximate surface area is 121 Å². The Morgan fingerprint density at radius 1 is 1.21 bits per heavy atom. The van der Waals surface area contributed by atoms with Crippen molar-refractivity contribution in [3.05, 3.63) is 34.1 Å². The Bertz CT molecular complexity index is 480. The fraction of sp³-hybridized carbons (Fsp3) is 0.538. The van der Waals surface area contributed by atoms with Gasteiger partial charge in [0.2, 0.25) is 0 Å². The number of hydrogen-bond donors (Lipinski definition) is 1. The molecule has 6 heteroatoms. The van der Waals surface area contributed by atoms with Crippen molar-refractivity contribution in [2.45, 2.75) is 44.8 Å². The maximum Gasteiger partial charge on any atom is 0.480 e. The van der Waals surface area contributed by atoms with Gasteiger partial charge in [-0.15, -0.1) is 0 Å². The van der Waals surface area contributed by atoms with Crippen LogP contribution in [0.15, 0.2) is 22.7 Å². The van der Waals surface area contributed by atoms with E-state index in [4.69, 9.17) is 15.0 Å². The van der Waals surface area contributed by atoms with Crippen molar-refractivity contribution in [1.82, 2.24) is 0 Å². The number of benzene rings is 1.